The van der Waals surface area contributed by atoms with Gasteiger partial charge in [-0.1, -0.05) is 30.3 Å². The van der Waals surface area contributed by atoms with Crippen LogP contribution in [0.4, 0.5) is 0 Å². The van der Waals surface area contributed by atoms with Crippen LogP contribution in [0, 0.1) is 0 Å². The van der Waals surface area contributed by atoms with Crippen molar-refractivity contribution in [3.8, 4) is 5.75 Å². The van der Waals surface area contributed by atoms with E-state index < -0.39 is 0 Å². The molecule has 0 bridgehead atoms. The summed E-state index contributed by atoms with van der Waals surface area (Å²) in [4.78, 5) is 12.8. The lowest BCUT2D eigenvalue weighted by atomic mass is 10.1. The van der Waals surface area contributed by atoms with Crippen molar-refractivity contribution in [1.29, 1.82) is 0 Å². The molecule has 3 aromatic carbocycles. The van der Waals surface area contributed by atoms with Gasteiger partial charge in [0.15, 0.2) is 5.58 Å². The molecule has 24 heavy (non-hydrogen) atoms. The Hall–Kier alpha value is -3.27. The van der Waals surface area contributed by atoms with Crippen LogP contribution in [-0.2, 0) is 0 Å². The Morgan fingerprint density at radius 2 is 1.62 bits per heavy atom. The molecular weight excluding hydrogens is 304 g/mol. The minimum Gasteiger partial charge on any atom is -0.497 e. The standard InChI is InChI=1S/C20H12O4/c1-22-12-7-9-14-16(10-12)23-19-15-8-6-11-4-2-3-5-13(11)18(15)24-20(19)17(14)21/h2-10H,1H3. The van der Waals surface area contributed by atoms with E-state index in [1.807, 2.05) is 36.4 Å². The number of ether oxygens (including phenoxy) is 1. The summed E-state index contributed by atoms with van der Waals surface area (Å²) in [6, 6.07) is 17.0. The molecule has 0 radical (unpaired) electrons. The number of hydrogen-bond acceptors (Lipinski definition) is 4. The summed E-state index contributed by atoms with van der Waals surface area (Å²) in [6.45, 7) is 0. The van der Waals surface area contributed by atoms with E-state index in [0.29, 0.717) is 27.9 Å². The largest absolute Gasteiger partial charge is 0.497 e. The Morgan fingerprint density at radius 1 is 0.792 bits per heavy atom. The van der Waals surface area contributed by atoms with E-state index in [9.17, 15) is 4.79 Å². The quantitative estimate of drug-likeness (QED) is 0.443. The highest BCUT2D eigenvalue weighted by atomic mass is 16.5. The van der Waals surface area contributed by atoms with Crippen molar-refractivity contribution >= 4 is 43.9 Å². The third-order valence-electron chi connectivity index (χ3n) is 4.39. The minimum absolute atomic E-state index is 0.172. The van der Waals surface area contributed by atoms with E-state index in [0.717, 1.165) is 16.2 Å². The Balaban J connectivity index is 2.02. The molecular formula is C20H12O4. The first-order valence-electron chi connectivity index (χ1n) is 7.61. The van der Waals surface area contributed by atoms with Crippen molar-refractivity contribution in [2.45, 2.75) is 0 Å². The van der Waals surface area contributed by atoms with E-state index in [1.54, 1.807) is 25.3 Å². The van der Waals surface area contributed by atoms with Crippen molar-refractivity contribution in [3.63, 3.8) is 0 Å². The highest BCUT2D eigenvalue weighted by Crippen LogP contribution is 2.34. The van der Waals surface area contributed by atoms with Gasteiger partial charge in [-0.2, -0.15) is 0 Å². The van der Waals surface area contributed by atoms with Crippen molar-refractivity contribution < 1.29 is 13.6 Å². The van der Waals surface area contributed by atoms with E-state index in [2.05, 4.69) is 0 Å². The van der Waals surface area contributed by atoms with E-state index in [1.165, 1.54) is 0 Å². The van der Waals surface area contributed by atoms with Gasteiger partial charge in [0.25, 0.3) is 0 Å². The predicted octanol–water partition coefficient (Wildman–Crippen LogP) is 4.85. The first kappa shape index (κ1) is 13.2. The topological polar surface area (TPSA) is 52.6 Å². The number of furan rings is 1. The first-order chi connectivity index (χ1) is 11.8. The second kappa shape index (κ2) is 4.61. The van der Waals surface area contributed by atoms with Gasteiger partial charge in [0.1, 0.15) is 16.9 Å². The number of hydrogen-bond donors (Lipinski definition) is 0. The molecule has 0 spiro atoms. The van der Waals surface area contributed by atoms with Gasteiger partial charge in [0.05, 0.1) is 17.9 Å². The molecule has 0 amide bonds. The maximum Gasteiger partial charge on any atom is 0.235 e. The summed E-state index contributed by atoms with van der Waals surface area (Å²) in [7, 11) is 1.58. The van der Waals surface area contributed by atoms with Crippen molar-refractivity contribution in [1.82, 2.24) is 0 Å². The Kier molecular flexibility index (Phi) is 2.54. The molecule has 0 N–H and O–H groups in total. The number of methoxy groups -OCH3 is 1. The van der Waals surface area contributed by atoms with E-state index in [-0.39, 0.29) is 11.0 Å². The van der Waals surface area contributed by atoms with Crippen LogP contribution in [0.3, 0.4) is 0 Å². The second-order valence-electron chi connectivity index (χ2n) is 5.72. The molecule has 0 aliphatic rings. The normalized spacial score (nSPS) is 11.7. The predicted molar refractivity (Wildman–Crippen MR) is 93.8 cm³/mol. The monoisotopic (exact) mass is 316 g/mol. The Morgan fingerprint density at radius 3 is 2.50 bits per heavy atom. The number of rotatable bonds is 1. The third-order valence-corrected chi connectivity index (χ3v) is 4.39. The molecule has 0 aliphatic heterocycles. The summed E-state index contributed by atoms with van der Waals surface area (Å²) in [5.74, 6) is 0.642. The third kappa shape index (κ3) is 1.65. The highest BCUT2D eigenvalue weighted by molar-refractivity contribution is 6.13. The van der Waals surface area contributed by atoms with Crippen LogP contribution in [0.15, 0.2) is 68.2 Å². The van der Waals surface area contributed by atoms with Gasteiger partial charge >= 0.3 is 0 Å². The van der Waals surface area contributed by atoms with Gasteiger partial charge in [-0.25, -0.2) is 0 Å². The molecule has 0 saturated carbocycles. The Bertz CT molecular complexity index is 1310. The van der Waals surface area contributed by atoms with Crippen molar-refractivity contribution in [3.05, 3.63) is 64.8 Å². The van der Waals surface area contributed by atoms with Crippen molar-refractivity contribution in [2.24, 2.45) is 0 Å². The zero-order valence-corrected chi connectivity index (χ0v) is 12.8. The maximum absolute atomic E-state index is 12.8. The molecule has 0 unspecified atom stereocenters. The number of fused-ring (bicyclic) bond motifs is 6. The molecule has 2 heterocycles. The molecule has 116 valence electrons. The van der Waals surface area contributed by atoms with Crippen LogP contribution in [0.25, 0.3) is 43.9 Å². The average molecular weight is 316 g/mol. The highest BCUT2D eigenvalue weighted by Gasteiger charge is 2.17. The van der Waals surface area contributed by atoms with Gasteiger partial charge < -0.3 is 13.6 Å². The van der Waals surface area contributed by atoms with Gasteiger partial charge in [0, 0.05) is 11.5 Å². The molecule has 0 atom stereocenters. The molecule has 5 aromatic rings. The van der Waals surface area contributed by atoms with Gasteiger partial charge in [-0.05, 0) is 23.6 Å². The van der Waals surface area contributed by atoms with E-state index in [4.69, 9.17) is 13.6 Å². The molecule has 5 rings (SSSR count). The lowest BCUT2D eigenvalue weighted by molar-refractivity contribution is 0.414. The minimum atomic E-state index is -0.172. The average Bonchev–Trinajstić information content (AvgIpc) is 3.01. The molecule has 4 heteroatoms. The fraction of sp³-hybridized carbons (Fsp3) is 0.0500. The van der Waals surface area contributed by atoms with Gasteiger partial charge in [0.2, 0.25) is 11.0 Å². The van der Waals surface area contributed by atoms with Crippen LogP contribution >= 0.6 is 0 Å². The summed E-state index contributed by atoms with van der Waals surface area (Å²) in [5.41, 5.74) is 1.71. The Labute approximate surface area is 135 Å². The summed E-state index contributed by atoms with van der Waals surface area (Å²) < 4.78 is 17.1. The van der Waals surface area contributed by atoms with Crippen LogP contribution < -0.4 is 10.2 Å². The molecule has 4 nitrogen and oxygen atoms in total. The first-order valence-corrected chi connectivity index (χ1v) is 7.61. The van der Waals surface area contributed by atoms with E-state index >= 15 is 0 Å². The SMILES string of the molecule is COc1ccc2c(=O)c3oc4c5ccccc5ccc4c3oc2c1. The van der Waals surface area contributed by atoms with Crippen molar-refractivity contribution in [2.75, 3.05) is 7.11 Å². The number of benzene rings is 3. The second-order valence-corrected chi connectivity index (χ2v) is 5.72. The smallest absolute Gasteiger partial charge is 0.235 e. The van der Waals surface area contributed by atoms with Crippen LogP contribution in [0.5, 0.6) is 5.75 Å². The fourth-order valence-corrected chi connectivity index (χ4v) is 3.19. The van der Waals surface area contributed by atoms with Gasteiger partial charge in [-0.15, -0.1) is 0 Å². The summed E-state index contributed by atoms with van der Waals surface area (Å²) in [6.07, 6.45) is 0. The summed E-state index contributed by atoms with van der Waals surface area (Å²) in [5, 5.41) is 3.29. The molecule has 0 aliphatic carbocycles. The lowest BCUT2D eigenvalue weighted by Crippen LogP contribution is -2.00. The van der Waals surface area contributed by atoms with Crippen LogP contribution in [-0.4, -0.2) is 7.11 Å². The fourth-order valence-electron chi connectivity index (χ4n) is 3.19. The van der Waals surface area contributed by atoms with Gasteiger partial charge in [-0.3, -0.25) is 4.79 Å². The zero-order chi connectivity index (χ0) is 16.3. The van der Waals surface area contributed by atoms with Crippen LogP contribution in [0.2, 0.25) is 0 Å². The summed E-state index contributed by atoms with van der Waals surface area (Å²) >= 11 is 0. The van der Waals surface area contributed by atoms with Crippen LogP contribution in [0.1, 0.15) is 0 Å². The zero-order valence-electron chi connectivity index (χ0n) is 12.8. The lowest BCUT2D eigenvalue weighted by Gasteiger charge is -2.01. The maximum atomic E-state index is 12.8. The molecule has 2 aromatic heterocycles. The molecule has 0 fully saturated rings. The molecule has 0 saturated heterocycles.